The standard InChI is InChI=1S/C27H23ClN6O/c1-18-7-9-19(10-8-18)24-30-31-25-22-12-11-21(28)17-23(22)29-27(34(24)25)33-15-13-32(14-16-33)26(35)20-5-3-2-4-6-20/h2-12,17H,13-16H2,1H3. The maximum Gasteiger partial charge on any atom is 0.253 e. The molecule has 0 atom stereocenters. The number of aromatic nitrogens is 4. The summed E-state index contributed by atoms with van der Waals surface area (Å²) >= 11 is 6.30. The molecule has 1 saturated heterocycles. The van der Waals surface area contributed by atoms with Crippen molar-refractivity contribution >= 4 is 40.0 Å². The van der Waals surface area contributed by atoms with Crippen LogP contribution in [0.1, 0.15) is 15.9 Å². The maximum absolute atomic E-state index is 12.9. The summed E-state index contributed by atoms with van der Waals surface area (Å²) in [6.45, 7) is 4.57. The molecular weight excluding hydrogens is 460 g/mol. The second-order valence-electron chi connectivity index (χ2n) is 8.77. The molecular formula is C27H23ClN6O. The molecule has 3 heterocycles. The van der Waals surface area contributed by atoms with Crippen LogP contribution < -0.4 is 4.90 Å². The third kappa shape index (κ3) is 3.88. The van der Waals surface area contributed by atoms with Crippen molar-refractivity contribution in [3.8, 4) is 11.4 Å². The first kappa shape index (κ1) is 21.6. The topological polar surface area (TPSA) is 66.6 Å². The fourth-order valence-corrected chi connectivity index (χ4v) is 4.73. The lowest BCUT2D eigenvalue weighted by atomic mass is 10.1. The highest BCUT2D eigenvalue weighted by Gasteiger charge is 2.26. The van der Waals surface area contributed by atoms with Crippen molar-refractivity contribution in [3.05, 3.63) is 88.9 Å². The molecule has 1 aliphatic rings. The highest BCUT2D eigenvalue weighted by molar-refractivity contribution is 6.31. The Morgan fingerprint density at radius 1 is 0.886 bits per heavy atom. The number of anilines is 1. The summed E-state index contributed by atoms with van der Waals surface area (Å²) in [5.41, 5.74) is 4.37. The average molecular weight is 483 g/mol. The van der Waals surface area contributed by atoms with Gasteiger partial charge in [-0.15, -0.1) is 10.2 Å². The fourth-order valence-electron chi connectivity index (χ4n) is 4.57. The van der Waals surface area contributed by atoms with E-state index in [1.807, 2.05) is 57.8 Å². The first-order chi connectivity index (χ1) is 17.1. The SMILES string of the molecule is Cc1ccc(-c2nnc3c4ccc(Cl)cc4nc(N4CCN(C(=O)c5ccccc5)CC4)n23)cc1. The van der Waals surface area contributed by atoms with E-state index in [0.29, 0.717) is 36.8 Å². The zero-order valence-electron chi connectivity index (χ0n) is 19.2. The molecule has 1 amide bonds. The first-order valence-electron chi connectivity index (χ1n) is 11.6. The van der Waals surface area contributed by atoms with Crippen molar-refractivity contribution in [2.24, 2.45) is 0 Å². The fraction of sp³-hybridized carbons (Fsp3) is 0.185. The van der Waals surface area contributed by atoms with Gasteiger partial charge in [0.2, 0.25) is 5.95 Å². The van der Waals surface area contributed by atoms with Crippen LogP contribution in [0, 0.1) is 6.92 Å². The van der Waals surface area contributed by atoms with Crippen molar-refractivity contribution in [2.75, 3.05) is 31.1 Å². The predicted molar refractivity (Wildman–Crippen MR) is 138 cm³/mol. The van der Waals surface area contributed by atoms with Gasteiger partial charge in [-0.1, -0.05) is 59.6 Å². The molecule has 0 saturated carbocycles. The van der Waals surface area contributed by atoms with Crippen molar-refractivity contribution < 1.29 is 4.79 Å². The van der Waals surface area contributed by atoms with Crippen molar-refractivity contribution in [3.63, 3.8) is 0 Å². The number of benzene rings is 3. The number of carbonyl (C=O) groups excluding carboxylic acids is 1. The Balaban J connectivity index is 1.41. The van der Waals surface area contributed by atoms with E-state index in [-0.39, 0.29) is 5.91 Å². The second kappa shape index (κ2) is 8.67. The lowest BCUT2D eigenvalue weighted by Crippen LogP contribution is -2.49. The summed E-state index contributed by atoms with van der Waals surface area (Å²) in [7, 11) is 0. The van der Waals surface area contributed by atoms with Gasteiger partial charge in [-0.3, -0.25) is 4.79 Å². The van der Waals surface area contributed by atoms with Gasteiger partial charge in [0.25, 0.3) is 5.91 Å². The molecule has 35 heavy (non-hydrogen) atoms. The smallest absolute Gasteiger partial charge is 0.253 e. The summed E-state index contributed by atoms with van der Waals surface area (Å²) in [5, 5.41) is 10.6. The number of halogens is 1. The number of hydrogen-bond acceptors (Lipinski definition) is 5. The van der Waals surface area contributed by atoms with E-state index in [4.69, 9.17) is 16.6 Å². The van der Waals surface area contributed by atoms with Gasteiger partial charge in [-0.05, 0) is 37.3 Å². The number of aryl methyl sites for hydroxylation is 1. The van der Waals surface area contributed by atoms with Gasteiger partial charge < -0.3 is 9.80 Å². The number of amides is 1. The molecule has 0 unspecified atom stereocenters. The van der Waals surface area contributed by atoms with Crippen LogP contribution in [0.4, 0.5) is 5.95 Å². The zero-order valence-corrected chi connectivity index (χ0v) is 20.0. The largest absolute Gasteiger partial charge is 0.338 e. The van der Waals surface area contributed by atoms with Crippen LogP contribution in [-0.2, 0) is 0 Å². The molecule has 5 aromatic rings. The van der Waals surface area contributed by atoms with Crippen LogP contribution in [-0.4, -0.2) is 56.6 Å². The molecule has 0 bridgehead atoms. The van der Waals surface area contributed by atoms with E-state index in [0.717, 1.165) is 33.9 Å². The first-order valence-corrected chi connectivity index (χ1v) is 12.0. The van der Waals surface area contributed by atoms with E-state index in [1.165, 1.54) is 5.56 Å². The van der Waals surface area contributed by atoms with E-state index in [2.05, 4.69) is 46.3 Å². The molecule has 0 radical (unpaired) electrons. The van der Waals surface area contributed by atoms with Gasteiger partial charge in [-0.25, -0.2) is 9.38 Å². The number of nitrogens with zero attached hydrogens (tertiary/aromatic N) is 6. The van der Waals surface area contributed by atoms with E-state index < -0.39 is 0 Å². The normalized spacial score (nSPS) is 14.1. The third-order valence-electron chi connectivity index (χ3n) is 6.46. The molecule has 7 nitrogen and oxygen atoms in total. The Labute approximate surface area is 207 Å². The molecule has 1 aliphatic heterocycles. The Bertz CT molecular complexity index is 1540. The number of fused-ring (bicyclic) bond motifs is 3. The lowest BCUT2D eigenvalue weighted by Gasteiger charge is -2.35. The minimum absolute atomic E-state index is 0.0540. The maximum atomic E-state index is 12.9. The van der Waals surface area contributed by atoms with Crippen LogP contribution in [0.5, 0.6) is 0 Å². The highest BCUT2D eigenvalue weighted by atomic mass is 35.5. The molecule has 0 N–H and O–H groups in total. The summed E-state index contributed by atoms with van der Waals surface area (Å²) in [5.74, 6) is 1.54. The molecule has 2 aromatic heterocycles. The minimum Gasteiger partial charge on any atom is -0.338 e. The van der Waals surface area contributed by atoms with Crippen LogP contribution in [0.2, 0.25) is 5.02 Å². The second-order valence-corrected chi connectivity index (χ2v) is 9.20. The Kier molecular flexibility index (Phi) is 5.34. The van der Waals surface area contributed by atoms with Crippen LogP contribution >= 0.6 is 11.6 Å². The van der Waals surface area contributed by atoms with E-state index in [9.17, 15) is 4.79 Å². The van der Waals surface area contributed by atoms with Gasteiger partial charge in [0.15, 0.2) is 11.5 Å². The summed E-state index contributed by atoms with van der Waals surface area (Å²) in [4.78, 5) is 22.1. The van der Waals surface area contributed by atoms with Crippen LogP contribution in [0.3, 0.4) is 0 Å². The summed E-state index contributed by atoms with van der Waals surface area (Å²) in [6.07, 6.45) is 0. The summed E-state index contributed by atoms with van der Waals surface area (Å²) < 4.78 is 2.02. The highest BCUT2D eigenvalue weighted by Crippen LogP contribution is 2.30. The van der Waals surface area contributed by atoms with Gasteiger partial charge in [0.1, 0.15) is 0 Å². The molecule has 3 aromatic carbocycles. The third-order valence-corrected chi connectivity index (χ3v) is 6.70. The number of hydrogen-bond donors (Lipinski definition) is 0. The van der Waals surface area contributed by atoms with Crippen LogP contribution in [0.25, 0.3) is 27.9 Å². The Hall–Kier alpha value is -3.97. The quantitative estimate of drug-likeness (QED) is 0.367. The van der Waals surface area contributed by atoms with Gasteiger partial charge >= 0.3 is 0 Å². The van der Waals surface area contributed by atoms with E-state index >= 15 is 0 Å². The molecule has 6 rings (SSSR count). The van der Waals surface area contributed by atoms with Gasteiger partial charge in [0, 0.05) is 47.7 Å². The van der Waals surface area contributed by atoms with Gasteiger partial charge in [-0.2, -0.15) is 0 Å². The van der Waals surface area contributed by atoms with Crippen molar-refractivity contribution in [1.29, 1.82) is 0 Å². The van der Waals surface area contributed by atoms with Gasteiger partial charge in [0.05, 0.1) is 5.52 Å². The monoisotopic (exact) mass is 482 g/mol. The summed E-state index contributed by atoms with van der Waals surface area (Å²) in [6, 6.07) is 23.3. The Morgan fingerprint density at radius 3 is 2.37 bits per heavy atom. The molecule has 8 heteroatoms. The lowest BCUT2D eigenvalue weighted by molar-refractivity contribution is 0.0746. The molecule has 0 spiro atoms. The van der Waals surface area contributed by atoms with Crippen molar-refractivity contribution in [2.45, 2.75) is 6.92 Å². The van der Waals surface area contributed by atoms with E-state index in [1.54, 1.807) is 0 Å². The number of rotatable bonds is 3. The van der Waals surface area contributed by atoms with Crippen molar-refractivity contribution in [1.82, 2.24) is 24.5 Å². The zero-order chi connectivity index (χ0) is 23.9. The molecule has 174 valence electrons. The van der Waals surface area contributed by atoms with Crippen LogP contribution in [0.15, 0.2) is 72.8 Å². The number of piperazine rings is 1. The number of carbonyl (C=O) groups is 1. The Morgan fingerprint density at radius 2 is 1.63 bits per heavy atom. The minimum atomic E-state index is 0.0540. The molecule has 0 aliphatic carbocycles. The average Bonchev–Trinajstić information content (AvgIpc) is 3.34. The molecule has 1 fully saturated rings. The predicted octanol–water partition coefficient (Wildman–Crippen LogP) is 4.87.